The molecule has 1 aliphatic heterocycles. The molecular weight excluding hydrogens is 174 g/mol. The summed E-state index contributed by atoms with van der Waals surface area (Å²) in [5.74, 6) is 0. The van der Waals surface area contributed by atoms with Gasteiger partial charge in [0, 0.05) is 6.54 Å². The lowest BCUT2D eigenvalue weighted by Gasteiger charge is -2.26. The highest BCUT2D eigenvalue weighted by atomic mass is 28.3. The Bertz CT molecular complexity index is 169. The third-order valence-electron chi connectivity index (χ3n) is 2.54. The molecule has 76 valence electrons. The zero-order valence-corrected chi connectivity index (χ0v) is 10.5. The lowest BCUT2D eigenvalue weighted by Crippen LogP contribution is -2.31. The Kier molecular flexibility index (Phi) is 4.74. The summed E-state index contributed by atoms with van der Waals surface area (Å²) in [5.41, 5.74) is 4.12. The molecule has 0 spiro atoms. The Morgan fingerprint density at radius 1 is 1.23 bits per heavy atom. The summed E-state index contributed by atoms with van der Waals surface area (Å²) in [6, 6.07) is 0. The maximum atomic E-state index is 2.60. The normalized spacial score (nSPS) is 21.1. The summed E-state index contributed by atoms with van der Waals surface area (Å²) in [6.07, 6.45) is 4.26. The quantitative estimate of drug-likeness (QED) is 0.628. The fourth-order valence-electron chi connectivity index (χ4n) is 2.09. The summed E-state index contributed by atoms with van der Waals surface area (Å²) in [6.45, 7) is 10.9. The molecule has 0 aliphatic carbocycles. The maximum Gasteiger partial charge on any atom is 0.0554 e. The van der Waals surface area contributed by atoms with E-state index >= 15 is 0 Å². The minimum absolute atomic E-state index is 0.489. The molecule has 0 aromatic carbocycles. The van der Waals surface area contributed by atoms with Crippen molar-refractivity contribution in [3.8, 4) is 0 Å². The van der Waals surface area contributed by atoms with E-state index in [4.69, 9.17) is 0 Å². The van der Waals surface area contributed by atoms with E-state index in [0.717, 1.165) is 0 Å². The molecular formula is C11H23NSi. The molecule has 1 rings (SSSR count). The second-order valence-corrected chi connectivity index (χ2v) is 7.42. The first kappa shape index (κ1) is 11.0. The minimum Gasteiger partial charge on any atom is -0.299 e. The average molecular weight is 197 g/mol. The SMILES string of the molecule is CC(=C[SiH](C)C)CN1CCCCC1. The molecule has 1 saturated heterocycles. The lowest BCUT2D eigenvalue weighted by atomic mass is 10.1. The van der Waals surface area contributed by atoms with Crippen LogP contribution in [0.2, 0.25) is 13.1 Å². The Labute approximate surface area is 84.4 Å². The van der Waals surface area contributed by atoms with Crippen LogP contribution in [0.4, 0.5) is 0 Å². The predicted molar refractivity (Wildman–Crippen MR) is 62.9 cm³/mol. The first-order chi connectivity index (χ1) is 6.18. The van der Waals surface area contributed by atoms with Crippen LogP contribution in [0.5, 0.6) is 0 Å². The van der Waals surface area contributed by atoms with Gasteiger partial charge in [0.25, 0.3) is 0 Å². The van der Waals surface area contributed by atoms with Crippen molar-refractivity contribution in [1.82, 2.24) is 4.90 Å². The molecule has 0 radical (unpaired) electrons. The molecule has 0 unspecified atom stereocenters. The molecule has 1 fully saturated rings. The third kappa shape index (κ3) is 4.63. The highest BCUT2D eigenvalue weighted by Crippen LogP contribution is 2.10. The second-order valence-electron chi connectivity index (χ2n) is 4.59. The molecule has 0 N–H and O–H groups in total. The van der Waals surface area contributed by atoms with E-state index in [1.165, 1.54) is 38.9 Å². The van der Waals surface area contributed by atoms with Gasteiger partial charge in [0.2, 0.25) is 0 Å². The number of hydrogen-bond donors (Lipinski definition) is 0. The molecule has 1 nitrogen and oxygen atoms in total. The number of hydrogen-bond acceptors (Lipinski definition) is 1. The number of piperidine rings is 1. The van der Waals surface area contributed by atoms with Crippen molar-refractivity contribution in [3.63, 3.8) is 0 Å². The van der Waals surface area contributed by atoms with Gasteiger partial charge in [0.05, 0.1) is 8.80 Å². The van der Waals surface area contributed by atoms with Crippen molar-refractivity contribution >= 4 is 8.80 Å². The van der Waals surface area contributed by atoms with E-state index in [0.29, 0.717) is 0 Å². The van der Waals surface area contributed by atoms with Crippen LogP contribution < -0.4 is 0 Å². The molecule has 1 aliphatic rings. The lowest BCUT2D eigenvalue weighted by molar-refractivity contribution is 0.246. The fourth-order valence-corrected chi connectivity index (χ4v) is 3.34. The van der Waals surface area contributed by atoms with Crippen LogP contribution in [0.25, 0.3) is 0 Å². The van der Waals surface area contributed by atoms with Crippen molar-refractivity contribution in [1.29, 1.82) is 0 Å². The van der Waals surface area contributed by atoms with Crippen LogP contribution >= 0.6 is 0 Å². The molecule has 0 aromatic heterocycles. The Morgan fingerprint density at radius 3 is 2.38 bits per heavy atom. The topological polar surface area (TPSA) is 3.24 Å². The van der Waals surface area contributed by atoms with E-state index < -0.39 is 8.80 Å². The highest BCUT2D eigenvalue weighted by molar-refractivity contribution is 6.61. The van der Waals surface area contributed by atoms with Gasteiger partial charge < -0.3 is 0 Å². The summed E-state index contributed by atoms with van der Waals surface area (Å²) in [4.78, 5) is 2.60. The molecule has 13 heavy (non-hydrogen) atoms. The van der Waals surface area contributed by atoms with E-state index in [1.807, 2.05) is 0 Å². The first-order valence-electron chi connectivity index (χ1n) is 5.58. The molecule has 0 saturated carbocycles. The van der Waals surface area contributed by atoms with Gasteiger partial charge in [-0.05, 0) is 32.9 Å². The van der Waals surface area contributed by atoms with Crippen LogP contribution in [0.15, 0.2) is 11.3 Å². The standard InChI is InChI=1S/C11H23NSi/c1-11(10-13(2)3)9-12-7-5-4-6-8-12/h10,13H,4-9H2,1-3H3. The molecule has 0 aromatic rings. The summed E-state index contributed by atoms with van der Waals surface area (Å²) < 4.78 is 0. The smallest absolute Gasteiger partial charge is 0.0554 e. The van der Waals surface area contributed by atoms with Crippen LogP contribution in [0.3, 0.4) is 0 Å². The van der Waals surface area contributed by atoms with Gasteiger partial charge in [-0.2, -0.15) is 0 Å². The van der Waals surface area contributed by atoms with Crippen LogP contribution in [0.1, 0.15) is 26.2 Å². The van der Waals surface area contributed by atoms with E-state index in [1.54, 1.807) is 5.57 Å². The van der Waals surface area contributed by atoms with Gasteiger partial charge in [-0.25, -0.2) is 0 Å². The molecule has 0 atom stereocenters. The van der Waals surface area contributed by atoms with Crippen molar-refractivity contribution < 1.29 is 0 Å². The van der Waals surface area contributed by atoms with E-state index in [9.17, 15) is 0 Å². The van der Waals surface area contributed by atoms with E-state index in [-0.39, 0.29) is 0 Å². The summed E-state index contributed by atoms with van der Waals surface area (Å²) in [5, 5.41) is 0. The van der Waals surface area contributed by atoms with E-state index in [2.05, 4.69) is 30.6 Å². The van der Waals surface area contributed by atoms with Gasteiger partial charge in [-0.3, -0.25) is 4.90 Å². The van der Waals surface area contributed by atoms with Crippen molar-refractivity contribution in [2.24, 2.45) is 0 Å². The van der Waals surface area contributed by atoms with Gasteiger partial charge in [0.1, 0.15) is 0 Å². The Morgan fingerprint density at radius 2 is 1.85 bits per heavy atom. The molecule has 1 heterocycles. The van der Waals surface area contributed by atoms with Gasteiger partial charge in [-0.15, -0.1) is 0 Å². The molecule has 0 amide bonds. The van der Waals surface area contributed by atoms with Gasteiger partial charge in [0.15, 0.2) is 0 Å². The Balaban J connectivity index is 2.29. The number of nitrogens with zero attached hydrogens (tertiary/aromatic N) is 1. The van der Waals surface area contributed by atoms with Crippen LogP contribution in [-0.4, -0.2) is 33.3 Å². The zero-order chi connectivity index (χ0) is 9.68. The van der Waals surface area contributed by atoms with Crippen LogP contribution in [-0.2, 0) is 0 Å². The fraction of sp³-hybridized carbons (Fsp3) is 0.818. The maximum absolute atomic E-state index is 2.60. The number of rotatable bonds is 3. The minimum atomic E-state index is -0.489. The van der Waals surface area contributed by atoms with Crippen molar-refractivity contribution in [3.05, 3.63) is 11.3 Å². The van der Waals surface area contributed by atoms with Crippen molar-refractivity contribution in [2.45, 2.75) is 39.3 Å². The third-order valence-corrected chi connectivity index (χ3v) is 3.78. The largest absolute Gasteiger partial charge is 0.299 e. The first-order valence-corrected chi connectivity index (χ1v) is 8.56. The van der Waals surface area contributed by atoms with Crippen LogP contribution in [0, 0.1) is 0 Å². The van der Waals surface area contributed by atoms with Crippen molar-refractivity contribution in [2.75, 3.05) is 19.6 Å². The van der Waals surface area contributed by atoms with Gasteiger partial charge in [-0.1, -0.05) is 30.8 Å². The number of likely N-dealkylation sites (tertiary alicyclic amines) is 1. The monoisotopic (exact) mass is 197 g/mol. The summed E-state index contributed by atoms with van der Waals surface area (Å²) in [7, 11) is -0.489. The molecule has 2 heteroatoms. The highest BCUT2D eigenvalue weighted by Gasteiger charge is 2.09. The average Bonchev–Trinajstić information content (AvgIpc) is 2.04. The summed E-state index contributed by atoms with van der Waals surface area (Å²) >= 11 is 0. The van der Waals surface area contributed by atoms with Gasteiger partial charge >= 0.3 is 0 Å². The second kappa shape index (κ2) is 5.61. The zero-order valence-electron chi connectivity index (χ0n) is 9.34. The Hall–Kier alpha value is -0.0831. The molecule has 0 bridgehead atoms. The predicted octanol–water partition coefficient (Wildman–Crippen LogP) is 2.44.